The van der Waals surface area contributed by atoms with Gasteiger partial charge in [-0.05, 0) is 36.3 Å². The Kier molecular flexibility index (Phi) is 5.41. The summed E-state index contributed by atoms with van der Waals surface area (Å²) >= 11 is 0. The quantitative estimate of drug-likeness (QED) is 0.752. The van der Waals surface area contributed by atoms with E-state index in [9.17, 15) is 0 Å². The van der Waals surface area contributed by atoms with Crippen molar-refractivity contribution in [3.05, 3.63) is 60.2 Å². The summed E-state index contributed by atoms with van der Waals surface area (Å²) < 4.78 is 0. The molecule has 0 fully saturated rings. The van der Waals surface area contributed by atoms with Crippen molar-refractivity contribution in [3.8, 4) is 23.0 Å². The lowest BCUT2D eigenvalue weighted by Crippen LogP contribution is -2.22. The Balaban J connectivity index is 2.04. The monoisotopic (exact) mass is 263 g/mol. The molecule has 20 heavy (non-hydrogen) atoms. The number of hydrogen-bond acceptors (Lipinski definition) is 1. The van der Waals surface area contributed by atoms with Crippen LogP contribution in [0.15, 0.2) is 54.6 Å². The standard InChI is InChI=1S/C19H21N/c1-3-20(4-2)16-8-9-17-12-14-19(15-13-17)18-10-6-5-7-11-18/h5-7,10-15H,3-4,16H2,1-2H3. The van der Waals surface area contributed by atoms with Gasteiger partial charge in [-0.25, -0.2) is 0 Å². The zero-order valence-electron chi connectivity index (χ0n) is 12.3. The van der Waals surface area contributed by atoms with E-state index in [0.717, 1.165) is 25.2 Å². The second kappa shape index (κ2) is 7.53. The van der Waals surface area contributed by atoms with Gasteiger partial charge in [0.2, 0.25) is 0 Å². The van der Waals surface area contributed by atoms with Crippen molar-refractivity contribution in [2.45, 2.75) is 13.8 Å². The zero-order chi connectivity index (χ0) is 14.2. The van der Waals surface area contributed by atoms with Gasteiger partial charge in [-0.15, -0.1) is 0 Å². The van der Waals surface area contributed by atoms with E-state index in [0.29, 0.717) is 0 Å². The van der Waals surface area contributed by atoms with Crippen molar-refractivity contribution in [2.24, 2.45) is 0 Å². The maximum atomic E-state index is 3.24. The molecule has 102 valence electrons. The molecule has 0 saturated carbocycles. The molecule has 0 bridgehead atoms. The highest BCUT2D eigenvalue weighted by Crippen LogP contribution is 2.18. The number of hydrogen-bond donors (Lipinski definition) is 0. The zero-order valence-corrected chi connectivity index (χ0v) is 12.3. The predicted octanol–water partition coefficient (Wildman–Crippen LogP) is 4.05. The summed E-state index contributed by atoms with van der Waals surface area (Å²) in [5.74, 6) is 6.47. The Morgan fingerprint density at radius 3 is 2.00 bits per heavy atom. The van der Waals surface area contributed by atoms with Crippen molar-refractivity contribution in [1.29, 1.82) is 0 Å². The van der Waals surface area contributed by atoms with Gasteiger partial charge >= 0.3 is 0 Å². The van der Waals surface area contributed by atoms with Gasteiger partial charge in [-0.3, -0.25) is 4.90 Å². The smallest absolute Gasteiger partial charge is 0.0605 e. The van der Waals surface area contributed by atoms with Crippen molar-refractivity contribution >= 4 is 0 Å². The molecule has 2 rings (SSSR count). The third-order valence-electron chi connectivity index (χ3n) is 3.42. The molecule has 0 atom stereocenters. The molecule has 1 nitrogen and oxygen atoms in total. The molecular weight excluding hydrogens is 242 g/mol. The number of nitrogens with zero attached hydrogens (tertiary/aromatic N) is 1. The van der Waals surface area contributed by atoms with Crippen LogP contribution in [-0.4, -0.2) is 24.5 Å². The van der Waals surface area contributed by atoms with Crippen LogP contribution in [0.5, 0.6) is 0 Å². The summed E-state index contributed by atoms with van der Waals surface area (Å²) in [6.07, 6.45) is 0. The minimum Gasteiger partial charge on any atom is -0.293 e. The van der Waals surface area contributed by atoms with Crippen molar-refractivity contribution < 1.29 is 0 Å². The van der Waals surface area contributed by atoms with E-state index in [1.807, 2.05) is 6.07 Å². The molecule has 0 saturated heterocycles. The van der Waals surface area contributed by atoms with Crippen LogP contribution in [0, 0.1) is 11.8 Å². The van der Waals surface area contributed by atoms with Crippen molar-refractivity contribution in [1.82, 2.24) is 4.90 Å². The largest absolute Gasteiger partial charge is 0.293 e. The molecule has 0 unspecified atom stereocenters. The average molecular weight is 263 g/mol. The average Bonchev–Trinajstić information content (AvgIpc) is 2.53. The van der Waals surface area contributed by atoms with Crippen LogP contribution < -0.4 is 0 Å². The lowest BCUT2D eigenvalue weighted by Gasteiger charge is -2.13. The summed E-state index contributed by atoms with van der Waals surface area (Å²) in [7, 11) is 0. The minimum atomic E-state index is 0.841. The van der Waals surface area contributed by atoms with Gasteiger partial charge in [0.1, 0.15) is 0 Å². The van der Waals surface area contributed by atoms with Gasteiger partial charge in [-0.1, -0.05) is 68.2 Å². The normalized spacial score (nSPS) is 10.2. The van der Waals surface area contributed by atoms with Crippen LogP contribution in [0.4, 0.5) is 0 Å². The van der Waals surface area contributed by atoms with Crippen molar-refractivity contribution in [3.63, 3.8) is 0 Å². The highest BCUT2D eigenvalue weighted by Gasteiger charge is 1.96. The first kappa shape index (κ1) is 14.4. The Morgan fingerprint density at radius 2 is 1.40 bits per heavy atom. The Labute approximate surface area is 122 Å². The van der Waals surface area contributed by atoms with Gasteiger partial charge in [0.15, 0.2) is 0 Å². The summed E-state index contributed by atoms with van der Waals surface area (Å²) in [5, 5.41) is 0. The third kappa shape index (κ3) is 3.98. The molecule has 2 aromatic carbocycles. The Hall–Kier alpha value is -2.04. The second-order valence-electron chi connectivity index (χ2n) is 4.71. The minimum absolute atomic E-state index is 0.841. The van der Waals surface area contributed by atoms with Gasteiger partial charge in [0, 0.05) is 5.56 Å². The van der Waals surface area contributed by atoms with Crippen LogP contribution >= 0.6 is 0 Å². The molecular formula is C19H21N. The molecule has 1 heteroatoms. The Morgan fingerprint density at radius 1 is 0.800 bits per heavy atom. The van der Waals surface area contributed by atoms with E-state index < -0.39 is 0 Å². The molecule has 0 aromatic heterocycles. The fourth-order valence-corrected chi connectivity index (χ4v) is 2.08. The van der Waals surface area contributed by atoms with Gasteiger partial charge in [0.25, 0.3) is 0 Å². The SMILES string of the molecule is CCN(CC)CC#Cc1ccc(-c2ccccc2)cc1. The topological polar surface area (TPSA) is 3.24 Å². The van der Waals surface area contributed by atoms with Gasteiger partial charge in [0.05, 0.1) is 6.54 Å². The van der Waals surface area contributed by atoms with Gasteiger partial charge in [-0.2, -0.15) is 0 Å². The molecule has 0 heterocycles. The third-order valence-corrected chi connectivity index (χ3v) is 3.42. The molecule has 0 aliphatic heterocycles. The maximum absolute atomic E-state index is 3.24. The summed E-state index contributed by atoms with van der Waals surface area (Å²) in [6.45, 7) is 7.28. The highest BCUT2D eigenvalue weighted by atomic mass is 15.1. The molecule has 0 spiro atoms. The van der Waals surface area contributed by atoms with Crippen LogP contribution in [0.1, 0.15) is 19.4 Å². The lowest BCUT2D eigenvalue weighted by atomic mass is 10.0. The first-order valence-corrected chi connectivity index (χ1v) is 7.20. The highest BCUT2D eigenvalue weighted by molar-refractivity contribution is 5.64. The number of benzene rings is 2. The molecule has 0 N–H and O–H groups in total. The van der Waals surface area contributed by atoms with E-state index in [1.54, 1.807) is 0 Å². The second-order valence-corrected chi connectivity index (χ2v) is 4.71. The first-order valence-electron chi connectivity index (χ1n) is 7.20. The summed E-state index contributed by atoms with van der Waals surface area (Å²) in [5.41, 5.74) is 3.56. The van der Waals surface area contributed by atoms with E-state index in [2.05, 4.69) is 79.1 Å². The molecule has 0 amide bonds. The molecule has 2 aromatic rings. The predicted molar refractivity (Wildman–Crippen MR) is 86.5 cm³/mol. The molecule has 0 aliphatic carbocycles. The van der Waals surface area contributed by atoms with E-state index in [-0.39, 0.29) is 0 Å². The first-order chi connectivity index (χ1) is 9.83. The summed E-state index contributed by atoms with van der Waals surface area (Å²) in [4.78, 5) is 2.31. The van der Waals surface area contributed by atoms with Crippen LogP contribution in [0.25, 0.3) is 11.1 Å². The summed E-state index contributed by atoms with van der Waals surface area (Å²) in [6, 6.07) is 18.9. The van der Waals surface area contributed by atoms with E-state index in [4.69, 9.17) is 0 Å². The van der Waals surface area contributed by atoms with Gasteiger partial charge < -0.3 is 0 Å². The fraction of sp³-hybridized carbons (Fsp3) is 0.263. The fourth-order valence-electron chi connectivity index (χ4n) is 2.08. The lowest BCUT2D eigenvalue weighted by molar-refractivity contribution is 0.342. The maximum Gasteiger partial charge on any atom is 0.0605 e. The Bertz CT molecular complexity index is 569. The molecule has 0 aliphatic rings. The van der Waals surface area contributed by atoms with Crippen LogP contribution in [0.3, 0.4) is 0 Å². The van der Waals surface area contributed by atoms with Crippen LogP contribution in [0.2, 0.25) is 0 Å². The van der Waals surface area contributed by atoms with Crippen LogP contribution in [-0.2, 0) is 0 Å². The molecule has 0 radical (unpaired) electrons. The van der Waals surface area contributed by atoms with E-state index in [1.165, 1.54) is 11.1 Å². The van der Waals surface area contributed by atoms with Crippen molar-refractivity contribution in [2.75, 3.05) is 19.6 Å². The van der Waals surface area contributed by atoms with E-state index >= 15 is 0 Å². The number of rotatable bonds is 4.